The first kappa shape index (κ1) is 13.6. The van der Waals surface area contributed by atoms with Crippen molar-refractivity contribution in [2.75, 3.05) is 18.4 Å². The summed E-state index contributed by atoms with van der Waals surface area (Å²) in [6.07, 6.45) is 0.514. The topological polar surface area (TPSA) is 41.1 Å². The first-order valence-corrected chi connectivity index (χ1v) is 6.15. The maximum atomic E-state index is 11.4. The summed E-state index contributed by atoms with van der Waals surface area (Å²) in [5, 5.41) is 6.13. The van der Waals surface area contributed by atoms with Gasteiger partial charge in [0, 0.05) is 25.2 Å². The van der Waals surface area contributed by atoms with Crippen molar-refractivity contribution in [1.82, 2.24) is 5.32 Å². The second kappa shape index (κ2) is 6.94. The number of anilines is 1. The van der Waals surface area contributed by atoms with Crippen LogP contribution in [0.4, 0.5) is 5.69 Å². The number of hydrogen-bond donors (Lipinski definition) is 2. The average molecular weight is 234 g/mol. The third-order valence-corrected chi connectivity index (χ3v) is 2.44. The molecule has 0 bridgehead atoms. The molecule has 0 unspecified atom stereocenters. The Bertz CT molecular complexity index is 344. The van der Waals surface area contributed by atoms with Gasteiger partial charge in [0.05, 0.1) is 0 Å². The lowest BCUT2D eigenvalue weighted by Crippen LogP contribution is -2.28. The fraction of sp³-hybridized carbons (Fsp3) is 0.500. The highest BCUT2D eigenvalue weighted by Gasteiger charge is 2.01. The predicted octanol–water partition coefficient (Wildman–Crippen LogP) is 2.57. The molecule has 1 aromatic rings. The molecule has 0 aliphatic heterocycles. The van der Waals surface area contributed by atoms with Gasteiger partial charge in [0.1, 0.15) is 0 Å². The maximum absolute atomic E-state index is 11.4. The molecule has 2 N–H and O–H groups in total. The van der Waals surface area contributed by atoms with E-state index in [-0.39, 0.29) is 5.91 Å². The van der Waals surface area contributed by atoms with Crippen LogP contribution in [0.1, 0.15) is 25.8 Å². The number of benzene rings is 1. The van der Waals surface area contributed by atoms with Gasteiger partial charge in [0.2, 0.25) is 5.91 Å². The van der Waals surface area contributed by atoms with E-state index in [1.807, 2.05) is 12.1 Å². The van der Waals surface area contributed by atoms with E-state index in [1.54, 1.807) is 0 Å². The zero-order chi connectivity index (χ0) is 12.7. The second-order valence-corrected chi connectivity index (χ2v) is 4.74. The van der Waals surface area contributed by atoms with Gasteiger partial charge >= 0.3 is 0 Å². The normalized spacial score (nSPS) is 10.4. The van der Waals surface area contributed by atoms with Gasteiger partial charge in [-0.1, -0.05) is 31.5 Å². The largest absolute Gasteiger partial charge is 0.385 e. The second-order valence-electron chi connectivity index (χ2n) is 4.74. The summed E-state index contributed by atoms with van der Waals surface area (Å²) in [5.41, 5.74) is 2.30. The van der Waals surface area contributed by atoms with Gasteiger partial charge in [-0.25, -0.2) is 0 Å². The summed E-state index contributed by atoms with van der Waals surface area (Å²) in [4.78, 5) is 11.4. The molecule has 94 valence electrons. The molecule has 0 atom stereocenters. The van der Waals surface area contributed by atoms with Gasteiger partial charge < -0.3 is 10.6 Å². The molecule has 0 spiro atoms. The smallest absolute Gasteiger partial charge is 0.221 e. The fourth-order valence-corrected chi connectivity index (χ4v) is 1.40. The highest BCUT2D eigenvalue weighted by molar-refractivity contribution is 5.76. The molecule has 1 rings (SSSR count). The van der Waals surface area contributed by atoms with Gasteiger partial charge in [-0.05, 0) is 25.0 Å². The van der Waals surface area contributed by atoms with Crippen LogP contribution in [0.2, 0.25) is 0 Å². The monoisotopic (exact) mass is 234 g/mol. The molecule has 17 heavy (non-hydrogen) atoms. The van der Waals surface area contributed by atoms with E-state index in [1.165, 1.54) is 5.56 Å². The van der Waals surface area contributed by atoms with Crippen LogP contribution in [0.5, 0.6) is 0 Å². The van der Waals surface area contributed by atoms with Crippen molar-refractivity contribution in [3.8, 4) is 0 Å². The van der Waals surface area contributed by atoms with E-state index in [4.69, 9.17) is 0 Å². The Morgan fingerprint density at radius 1 is 1.24 bits per heavy atom. The Hall–Kier alpha value is -1.51. The van der Waals surface area contributed by atoms with Crippen LogP contribution in [-0.4, -0.2) is 19.0 Å². The van der Waals surface area contributed by atoms with Gasteiger partial charge in [-0.2, -0.15) is 0 Å². The summed E-state index contributed by atoms with van der Waals surface area (Å²) < 4.78 is 0. The number of carbonyl (C=O) groups is 1. The number of hydrogen-bond acceptors (Lipinski definition) is 2. The highest BCUT2D eigenvalue weighted by Crippen LogP contribution is 2.08. The minimum Gasteiger partial charge on any atom is -0.385 e. The van der Waals surface area contributed by atoms with Crippen molar-refractivity contribution in [3.63, 3.8) is 0 Å². The maximum Gasteiger partial charge on any atom is 0.221 e. The summed E-state index contributed by atoms with van der Waals surface area (Å²) >= 11 is 0. The SMILES string of the molecule is Cc1ccc(NCCC(=O)NCC(C)C)cc1. The molecular formula is C14H22N2O. The van der Waals surface area contributed by atoms with E-state index < -0.39 is 0 Å². The van der Waals surface area contributed by atoms with Gasteiger partial charge in [-0.15, -0.1) is 0 Å². The number of amides is 1. The van der Waals surface area contributed by atoms with E-state index in [0.717, 1.165) is 12.2 Å². The number of aryl methyl sites for hydroxylation is 1. The van der Waals surface area contributed by atoms with Crippen molar-refractivity contribution >= 4 is 11.6 Å². The van der Waals surface area contributed by atoms with Crippen LogP contribution in [0, 0.1) is 12.8 Å². The van der Waals surface area contributed by atoms with Gasteiger partial charge in [0.25, 0.3) is 0 Å². The Morgan fingerprint density at radius 3 is 2.47 bits per heavy atom. The van der Waals surface area contributed by atoms with Crippen LogP contribution in [0.15, 0.2) is 24.3 Å². The molecule has 0 aromatic heterocycles. The van der Waals surface area contributed by atoms with E-state index in [0.29, 0.717) is 18.9 Å². The zero-order valence-corrected chi connectivity index (χ0v) is 10.9. The fourth-order valence-electron chi connectivity index (χ4n) is 1.40. The molecule has 0 fully saturated rings. The summed E-state index contributed by atoms with van der Waals surface area (Å²) in [6, 6.07) is 8.17. The van der Waals surface area contributed by atoms with Crippen molar-refractivity contribution in [3.05, 3.63) is 29.8 Å². The van der Waals surface area contributed by atoms with Crippen LogP contribution in [0.25, 0.3) is 0 Å². The molecule has 0 radical (unpaired) electrons. The van der Waals surface area contributed by atoms with Crippen molar-refractivity contribution in [2.24, 2.45) is 5.92 Å². The van der Waals surface area contributed by atoms with Crippen molar-refractivity contribution in [1.29, 1.82) is 0 Å². The summed E-state index contributed by atoms with van der Waals surface area (Å²) in [7, 11) is 0. The van der Waals surface area contributed by atoms with E-state index in [2.05, 4.69) is 43.5 Å². The molecule has 1 amide bonds. The minimum absolute atomic E-state index is 0.110. The van der Waals surface area contributed by atoms with Crippen LogP contribution < -0.4 is 10.6 Å². The van der Waals surface area contributed by atoms with Crippen LogP contribution in [0.3, 0.4) is 0 Å². The zero-order valence-electron chi connectivity index (χ0n) is 10.9. The quantitative estimate of drug-likeness (QED) is 0.794. The van der Waals surface area contributed by atoms with Crippen LogP contribution >= 0.6 is 0 Å². The molecule has 3 heteroatoms. The number of rotatable bonds is 6. The molecular weight excluding hydrogens is 212 g/mol. The summed E-state index contributed by atoms with van der Waals surface area (Å²) in [5.74, 6) is 0.613. The predicted molar refractivity (Wildman–Crippen MR) is 72.1 cm³/mol. The van der Waals surface area contributed by atoms with E-state index >= 15 is 0 Å². The first-order chi connectivity index (χ1) is 8.08. The highest BCUT2D eigenvalue weighted by atomic mass is 16.1. The van der Waals surface area contributed by atoms with Gasteiger partial charge in [-0.3, -0.25) is 4.79 Å². The Morgan fingerprint density at radius 2 is 1.88 bits per heavy atom. The molecule has 3 nitrogen and oxygen atoms in total. The number of nitrogens with one attached hydrogen (secondary N) is 2. The molecule has 0 heterocycles. The van der Waals surface area contributed by atoms with E-state index in [9.17, 15) is 4.79 Å². The Kier molecular flexibility index (Phi) is 5.53. The van der Waals surface area contributed by atoms with Gasteiger partial charge in [0.15, 0.2) is 0 Å². The Balaban J connectivity index is 2.19. The lowest BCUT2D eigenvalue weighted by molar-refractivity contribution is -0.120. The molecule has 0 saturated heterocycles. The molecule has 0 aliphatic rings. The lowest BCUT2D eigenvalue weighted by atomic mass is 10.2. The standard InChI is InChI=1S/C14H22N2O/c1-11(2)10-16-14(17)8-9-15-13-6-4-12(3)5-7-13/h4-7,11,15H,8-10H2,1-3H3,(H,16,17). The third-order valence-electron chi connectivity index (χ3n) is 2.44. The van der Waals surface area contributed by atoms with Crippen LogP contribution in [-0.2, 0) is 4.79 Å². The Labute approximate surface area is 104 Å². The molecule has 0 aliphatic carbocycles. The average Bonchev–Trinajstić information content (AvgIpc) is 2.29. The number of carbonyl (C=O) groups excluding carboxylic acids is 1. The van der Waals surface area contributed by atoms with Crippen molar-refractivity contribution in [2.45, 2.75) is 27.2 Å². The summed E-state index contributed by atoms with van der Waals surface area (Å²) in [6.45, 7) is 7.66. The minimum atomic E-state index is 0.110. The van der Waals surface area contributed by atoms with Crippen molar-refractivity contribution < 1.29 is 4.79 Å². The third kappa shape index (κ3) is 5.95. The first-order valence-electron chi connectivity index (χ1n) is 6.15. The molecule has 1 aromatic carbocycles. The molecule has 0 saturated carbocycles. The lowest BCUT2D eigenvalue weighted by Gasteiger charge is -2.09.